The number of ether oxygens (including phenoxy) is 1. The molecule has 1 rings (SSSR count). The average Bonchev–Trinajstić information content (AvgIpc) is 2.47. The summed E-state index contributed by atoms with van der Waals surface area (Å²) < 4.78 is 18.2. The number of hydrogen-bond donors (Lipinski definition) is 2. The Morgan fingerprint density at radius 1 is 1.48 bits per heavy atom. The van der Waals surface area contributed by atoms with E-state index in [2.05, 4.69) is 21.9 Å². The third-order valence-electron chi connectivity index (χ3n) is 2.59. The molecule has 5 nitrogen and oxygen atoms in total. The van der Waals surface area contributed by atoms with Crippen LogP contribution in [0.4, 0.5) is 4.39 Å². The molecular formula is C15H16FNO4. The van der Waals surface area contributed by atoms with Crippen molar-refractivity contribution in [2.75, 3.05) is 13.7 Å². The van der Waals surface area contributed by atoms with Crippen molar-refractivity contribution in [2.45, 2.75) is 19.4 Å². The highest BCUT2D eigenvalue weighted by Crippen LogP contribution is 2.10. The molecule has 1 amide bonds. The molecule has 21 heavy (non-hydrogen) atoms. The summed E-state index contributed by atoms with van der Waals surface area (Å²) in [5.74, 6) is 3.34. The summed E-state index contributed by atoms with van der Waals surface area (Å²) in [6.07, 6.45) is 0.248. The summed E-state index contributed by atoms with van der Waals surface area (Å²) in [5.41, 5.74) is 0.219. The van der Waals surface area contributed by atoms with Gasteiger partial charge in [-0.15, -0.1) is 0 Å². The fourth-order valence-corrected chi connectivity index (χ4v) is 1.49. The number of hydrogen-bond acceptors (Lipinski definition) is 4. The first-order chi connectivity index (χ1) is 9.99. The minimum atomic E-state index is -0.824. The lowest BCUT2D eigenvalue weighted by Gasteiger charge is -2.11. The largest absolute Gasteiger partial charge is 0.467 e. The van der Waals surface area contributed by atoms with E-state index in [4.69, 9.17) is 5.11 Å². The average molecular weight is 293 g/mol. The molecule has 0 aliphatic rings. The lowest BCUT2D eigenvalue weighted by Crippen LogP contribution is -2.39. The van der Waals surface area contributed by atoms with Gasteiger partial charge in [-0.05, 0) is 25.1 Å². The standard InChI is InChI=1S/C15H16FNO4/c1-10(15(20)21-2)17-14(19)12-7-6-11(13(16)9-12)5-3-4-8-18/h6-7,9-10,18H,4,8H2,1-2H3,(H,17,19). The van der Waals surface area contributed by atoms with Gasteiger partial charge < -0.3 is 15.2 Å². The minimum absolute atomic E-state index is 0.0796. The summed E-state index contributed by atoms with van der Waals surface area (Å²) >= 11 is 0. The van der Waals surface area contributed by atoms with Gasteiger partial charge in [0, 0.05) is 12.0 Å². The van der Waals surface area contributed by atoms with Crippen molar-refractivity contribution in [1.29, 1.82) is 0 Å². The maximum absolute atomic E-state index is 13.8. The monoisotopic (exact) mass is 293 g/mol. The van der Waals surface area contributed by atoms with Crippen LogP contribution in [0.1, 0.15) is 29.3 Å². The van der Waals surface area contributed by atoms with E-state index >= 15 is 0 Å². The number of esters is 1. The fraction of sp³-hybridized carbons (Fsp3) is 0.333. The van der Waals surface area contributed by atoms with Crippen LogP contribution in [0, 0.1) is 17.7 Å². The maximum atomic E-state index is 13.8. The smallest absolute Gasteiger partial charge is 0.328 e. The van der Waals surface area contributed by atoms with Crippen LogP contribution in [-0.2, 0) is 9.53 Å². The summed E-state index contributed by atoms with van der Waals surface area (Å²) in [4.78, 5) is 23.0. The second-order valence-corrected chi connectivity index (χ2v) is 4.19. The van der Waals surface area contributed by atoms with Crippen LogP contribution in [0.3, 0.4) is 0 Å². The molecule has 0 radical (unpaired) electrons. The van der Waals surface area contributed by atoms with Crippen LogP contribution in [0.5, 0.6) is 0 Å². The van der Waals surface area contributed by atoms with E-state index in [1.807, 2.05) is 0 Å². The Morgan fingerprint density at radius 3 is 2.76 bits per heavy atom. The van der Waals surface area contributed by atoms with Gasteiger partial charge in [-0.3, -0.25) is 4.79 Å². The third-order valence-corrected chi connectivity index (χ3v) is 2.59. The number of aliphatic hydroxyl groups is 1. The predicted octanol–water partition coefficient (Wildman–Crippen LogP) is 0.851. The number of carbonyl (C=O) groups excluding carboxylic acids is 2. The number of benzene rings is 1. The Morgan fingerprint density at radius 2 is 2.19 bits per heavy atom. The lowest BCUT2D eigenvalue weighted by molar-refractivity contribution is -0.142. The van der Waals surface area contributed by atoms with Crippen molar-refractivity contribution in [1.82, 2.24) is 5.32 Å². The van der Waals surface area contributed by atoms with Crippen LogP contribution >= 0.6 is 0 Å². The van der Waals surface area contributed by atoms with Crippen LogP contribution in [0.15, 0.2) is 18.2 Å². The van der Waals surface area contributed by atoms with Gasteiger partial charge in [-0.25, -0.2) is 9.18 Å². The molecule has 2 N–H and O–H groups in total. The number of aliphatic hydroxyl groups excluding tert-OH is 1. The number of nitrogens with one attached hydrogen (secondary N) is 1. The van der Waals surface area contributed by atoms with E-state index in [-0.39, 0.29) is 24.2 Å². The molecule has 0 fully saturated rings. The molecule has 1 aromatic carbocycles. The highest BCUT2D eigenvalue weighted by Gasteiger charge is 2.17. The molecule has 6 heteroatoms. The zero-order chi connectivity index (χ0) is 15.8. The Hall–Kier alpha value is -2.39. The Labute approximate surface area is 122 Å². The third kappa shape index (κ3) is 4.89. The number of rotatable bonds is 4. The van der Waals surface area contributed by atoms with Crippen molar-refractivity contribution in [3.05, 3.63) is 35.1 Å². The van der Waals surface area contributed by atoms with Gasteiger partial charge in [0.2, 0.25) is 0 Å². The molecule has 0 aliphatic carbocycles. The highest BCUT2D eigenvalue weighted by atomic mass is 19.1. The van der Waals surface area contributed by atoms with Crippen molar-refractivity contribution in [3.8, 4) is 11.8 Å². The minimum Gasteiger partial charge on any atom is -0.467 e. The molecule has 1 unspecified atom stereocenters. The normalized spacial score (nSPS) is 11.0. The van der Waals surface area contributed by atoms with E-state index in [1.165, 1.54) is 26.2 Å². The predicted molar refractivity (Wildman–Crippen MR) is 73.9 cm³/mol. The Kier molecular flexibility index (Phi) is 6.37. The van der Waals surface area contributed by atoms with Crippen molar-refractivity contribution in [2.24, 2.45) is 0 Å². The van der Waals surface area contributed by atoms with E-state index in [1.54, 1.807) is 0 Å². The molecule has 0 aliphatic heterocycles. The molecule has 0 heterocycles. The van der Waals surface area contributed by atoms with Crippen LogP contribution in [0.25, 0.3) is 0 Å². The van der Waals surface area contributed by atoms with Crippen LogP contribution < -0.4 is 5.32 Å². The first kappa shape index (κ1) is 16.7. The first-order valence-electron chi connectivity index (χ1n) is 6.27. The molecule has 1 atom stereocenters. The molecule has 1 aromatic rings. The van der Waals surface area contributed by atoms with Gasteiger partial charge in [0.15, 0.2) is 0 Å². The van der Waals surface area contributed by atoms with Crippen molar-refractivity contribution in [3.63, 3.8) is 0 Å². The van der Waals surface area contributed by atoms with E-state index in [0.29, 0.717) is 0 Å². The van der Waals surface area contributed by atoms with Crippen LogP contribution in [0.2, 0.25) is 0 Å². The zero-order valence-electron chi connectivity index (χ0n) is 11.8. The second kappa shape index (κ2) is 8.02. The molecular weight excluding hydrogens is 277 g/mol. The van der Waals surface area contributed by atoms with Gasteiger partial charge >= 0.3 is 5.97 Å². The Balaban J connectivity index is 2.82. The van der Waals surface area contributed by atoms with Crippen LogP contribution in [-0.4, -0.2) is 36.7 Å². The van der Waals surface area contributed by atoms with E-state index in [0.717, 1.165) is 6.07 Å². The van der Waals surface area contributed by atoms with Gasteiger partial charge in [0.25, 0.3) is 5.91 Å². The Bertz CT molecular complexity index is 589. The summed E-state index contributed by atoms with van der Waals surface area (Å²) in [6, 6.07) is 3.00. The molecule has 0 saturated carbocycles. The van der Waals surface area contributed by atoms with Gasteiger partial charge in [-0.1, -0.05) is 11.8 Å². The molecule has 0 saturated heterocycles. The highest BCUT2D eigenvalue weighted by molar-refractivity contribution is 5.96. The topological polar surface area (TPSA) is 75.6 Å². The lowest BCUT2D eigenvalue weighted by atomic mass is 10.1. The fourth-order valence-electron chi connectivity index (χ4n) is 1.49. The SMILES string of the molecule is COC(=O)C(C)NC(=O)c1ccc(C#CCCO)c(F)c1. The quantitative estimate of drug-likeness (QED) is 0.637. The number of halogens is 1. The zero-order valence-corrected chi connectivity index (χ0v) is 11.8. The molecule has 0 spiro atoms. The van der Waals surface area contributed by atoms with Gasteiger partial charge in [0.05, 0.1) is 19.3 Å². The van der Waals surface area contributed by atoms with Crippen molar-refractivity contribution < 1.29 is 23.8 Å². The number of amides is 1. The van der Waals surface area contributed by atoms with Gasteiger partial charge in [0.1, 0.15) is 11.9 Å². The van der Waals surface area contributed by atoms with Crippen molar-refractivity contribution >= 4 is 11.9 Å². The summed E-state index contributed by atoms with van der Waals surface area (Å²) in [5, 5.41) is 11.0. The van der Waals surface area contributed by atoms with E-state index in [9.17, 15) is 14.0 Å². The molecule has 0 aromatic heterocycles. The van der Waals surface area contributed by atoms with Gasteiger partial charge in [-0.2, -0.15) is 0 Å². The maximum Gasteiger partial charge on any atom is 0.328 e. The molecule has 0 bridgehead atoms. The molecule has 112 valence electrons. The second-order valence-electron chi connectivity index (χ2n) is 4.19. The number of carbonyl (C=O) groups is 2. The number of methoxy groups -OCH3 is 1. The summed E-state index contributed by atoms with van der Waals surface area (Å²) in [6.45, 7) is 1.37. The summed E-state index contributed by atoms with van der Waals surface area (Å²) in [7, 11) is 1.21. The van der Waals surface area contributed by atoms with E-state index < -0.39 is 23.7 Å². The first-order valence-corrected chi connectivity index (χ1v) is 6.27.